The van der Waals surface area contributed by atoms with Gasteiger partial charge in [0.15, 0.2) is 0 Å². The number of carbonyl (C=O) groups excluding carboxylic acids is 2. The number of amides is 2. The van der Waals surface area contributed by atoms with Crippen molar-refractivity contribution in [1.29, 1.82) is 0 Å². The number of halogens is 1. The van der Waals surface area contributed by atoms with Gasteiger partial charge in [0.05, 0.1) is 18.2 Å². The van der Waals surface area contributed by atoms with Crippen molar-refractivity contribution >= 4 is 17.5 Å². The summed E-state index contributed by atoms with van der Waals surface area (Å²) in [6.07, 6.45) is 4.32. The summed E-state index contributed by atoms with van der Waals surface area (Å²) in [7, 11) is 0. The first-order valence-corrected chi connectivity index (χ1v) is 10.9. The summed E-state index contributed by atoms with van der Waals surface area (Å²) >= 11 is 0. The van der Waals surface area contributed by atoms with E-state index in [1.54, 1.807) is 12.1 Å². The number of hydrogen-bond donors (Lipinski definition) is 1. The largest absolute Gasteiger partial charge is 0.366 e. The minimum atomic E-state index is -0.216. The Morgan fingerprint density at radius 3 is 2.52 bits per heavy atom. The van der Waals surface area contributed by atoms with Gasteiger partial charge in [-0.05, 0) is 50.3 Å². The molecule has 1 aliphatic carbocycles. The maximum Gasteiger partial charge on any atom is 0.236 e. The Morgan fingerprint density at radius 1 is 1.03 bits per heavy atom. The number of rotatable bonds is 6. The van der Waals surface area contributed by atoms with Gasteiger partial charge in [0.1, 0.15) is 5.82 Å². The summed E-state index contributed by atoms with van der Waals surface area (Å²) in [5.41, 5.74) is 0.607. The van der Waals surface area contributed by atoms with E-state index in [0.717, 1.165) is 25.9 Å². The Bertz CT molecular complexity index is 731. The molecule has 1 aromatic rings. The molecule has 2 amide bonds. The van der Waals surface area contributed by atoms with Gasteiger partial charge in [-0.3, -0.25) is 14.5 Å². The van der Waals surface area contributed by atoms with Gasteiger partial charge in [0.2, 0.25) is 11.8 Å². The fourth-order valence-electron chi connectivity index (χ4n) is 4.32. The third-order valence-corrected chi connectivity index (χ3v) is 6.32. The second-order valence-electron chi connectivity index (χ2n) is 8.58. The second kappa shape index (κ2) is 9.11. The van der Waals surface area contributed by atoms with Crippen LogP contribution in [0.25, 0.3) is 0 Å². The number of hydrogen-bond acceptors (Lipinski definition) is 4. The maximum atomic E-state index is 14.0. The van der Waals surface area contributed by atoms with Crippen LogP contribution in [-0.2, 0) is 9.59 Å². The lowest BCUT2D eigenvalue weighted by Gasteiger charge is -2.38. The molecule has 6 nitrogen and oxygen atoms in total. The van der Waals surface area contributed by atoms with Crippen LogP contribution in [0.4, 0.5) is 10.1 Å². The molecule has 4 rings (SSSR count). The van der Waals surface area contributed by atoms with Crippen molar-refractivity contribution in [3.63, 3.8) is 0 Å². The van der Waals surface area contributed by atoms with Gasteiger partial charge in [-0.15, -0.1) is 0 Å². The molecule has 1 aromatic carbocycles. The predicted octanol–water partition coefficient (Wildman–Crippen LogP) is 1.71. The minimum absolute atomic E-state index is 0.00629. The van der Waals surface area contributed by atoms with E-state index in [9.17, 15) is 14.0 Å². The normalized spacial score (nSPS) is 23.1. The molecule has 2 aliphatic heterocycles. The van der Waals surface area contributed by atoms with Gasteiger partial charge in [0.25, 0.3) is 0 Å². The highest BCUT2D eigenvalue weighted by Crippen LogP contribution is 2.28. The molecule has 0 aromatic heterocycles. The van der Waals surface area contributed by atoms with Crippen molar-refractivity contribution in [2.45, 2.75) is 25.7 Å². The zero-order chi connectivity index (χ0) is 20.2. The minimum Gasteiger partial charge on any atom is -0.366 e. The van der Waals surface area contributed by atoms with E-state index >= 15 is 0 Å². The van der Waals surface area contributed by atoms with Gasteiger partial charge < -0.3 is 15.1 Å². The first-order valence-electron chi connectivity index (χ1n) is 10.9. The fraction of sp³-hybridized carbons (Fsp3) is 0.636. The van der Waals surface area contributed by atoms with Crippen LogP contribution in [0.3, 0.4) is 0 Å². The lowest BCUT2D eigenvalue weighted by atomic mass is 9.97. The maximum absolute atomic E-state index is 14.0. The summed E-state index contributed by atoms with van der Waals surface area (Å²) in [6.45, 7) is 5.19. The molecule has 1 atom stereocenters. The SMILES string of the molecule is O=C(NCC1CC1)C1CCCN(CC(=O)N2CCN(c3ccccc3F)CC2)C1. The first kappa shape index (κ1) is 20.1. The van der Waals surface area contributed by atoms with Gasteiger partial charge >= 0.3 is 0 Å². The van der Waals surface area contributed by atoms with E-state index in [1.807, 2.05) is 15.9 Å². The third-order valence-electron chi connectivity index (χ3n) is 6.32. The third kappa shape index (κ3) is 5.26. The van der Waals surface area contributed by atoms with Crippen LogP contribution in [0.1, 0.15) is 25.7 Å². The molecule has 29 heavy (non-hydrogen) atoms. The molecule has 0 bridgehead atoms. The van der Waals surface area contributed by atoms with Gasteiger partial charge in [-0.2, -0.15) is 0 Å². The molecule has 1 unspecified atom stereocenters. The molecule has 0 spiro atoms. The van der Waals surface area contributed by atoms with Crippen LogP contribution < -0.4 is 10.2 Å². The lowest BCUT2D eigenvalue weighted by Crippen LogP contribution is -2.53. The average Bonchev–Trinajstić information content (AvgIpc) is 3.57. The van der Waals surface area contributed by atoms with Crippen molar-refractivity contribution in [3.8, 4) is 0 Å². The Balaban J connectivity index is 1.23. The highest BCUT2D eigenvalue weighted by Gasteiger charge is 2.30. The first-order chi connectivity index (χ1) is 14.1. The molecule has 2 saturated heterocycles. The van der Waals surface area contributed by atoms with Gasteiger partial charge in [-0.25, -0.2) is 4.39 Å². The van der Waals surface area contributed by atoms with E-state index in [0.29, 0.717) is 50.9 Å². The lowest BCUT2D eigenvalue weighted by molar-refractivity contribution is -0.135. The Labute approximate surface area is 172 Å². The highest BCUT2D eigenvalue weighted by atomic mass is 19.1. The Morgan fingerprint density at radius 2 is 1.79 bits per heavy atom. The van der Waals surface area contributed by atoms with Crippen LogP contribution >= 0.6 is 0 Å². The fourth-order valence-corrected chi connectivity index (χ4v) is 4.32. The number of nitrogens with zero attached hydrogens (tertiary/aromatic N) is 3. The number of nitrogens with one attached hydrogen (secondary N) is 1. The van der Waals surface area contributed by atoms with E-state index < -0.39 is 0 Å². The van der Waals surface area contributed by atoms with Crippen LogP contribution in [0, 0.1) is 17.7 Å². The van der Waals surface area contributed by atoms with Gasteiger partial charge in [-0.1, -0.05) is 12.1 Å². The van der Waals surface area contributed by atoms with Crippen LogP contribution in [-0.4, -0.2) is 74.0 Å². The Hall–Kier alpha value is -2.15. The van der Waals surface area contributed by atoms with Crippen LogP contribution in [0.5, 0.6) is 0 Å². The molecule has 1 saturated carbocycles. The molecule has 3 aliphatic rings. The summed E-state index contributed by atoms with van der Waals surface area (Å²) < 4.78 is 14.0. The van der Waals surface area contributed by atoms with Gasteiger partial charge in [0, 0.05) is 39.3 Å². The van der Waals surface area contributed by atoms with Crippen molar-refractivity contribution in [2.75, 3.05) is 57.3 Å². The number of para-hydroxylation sites is 1. The number of benzene rings is 1. The molecular formula is C22H31FN4O2. The summed E-state index contributed by atoms with van der Waals surface area (Å²) in [6, 6.07) is 6.79. The monoisotopic (exact) mass is 402 g/mol. The second-order valence-corrected chi connectivity index (χ2v) is 8.58. The van der Waals surface area contributed by atoms with Crippen molar-refractivity contribution < 1.29 is 14.0 Å². The number of piperidine rings is 1. The summed E-state index contributed by atoms with van der Waals surface area (Å²) in [5.74, 6) is 0.716. The summed E-state index contributed by atoms with van der Waals surface area (Å²) in [4.78, 5) is 31.2. The Kier molecular flexibility index (Phi) is 6.33. The zero-order valence-corrected chi connectivity index (χ0v) is 17.0. The van der Waals surface area contributed by atoms with Crippen LogP contribution in [0.15, 0.2) is 24.3 Å². The standard InChI is InChI=1S/C22H31FN4O2/c23-19-5-1-2-6-20(19)26-10-12-27(13-11-26)21(28)16-25-9-3-4-18(15-25)22(29)24-14-17-7-8-17/h1-2,5-6,17-18H,3-4,7-16H2,(H,24,29). The molecule has 3 fully saturated rings. The number of carbonyl (C=O) groups is 2. The van der Waals surface area contributed by atoms with Crippen molar-refractivity contribution in [2.24, 2.45) is 11.8 Å². The average molecular weight is 403 g/mol. The van der Waals surface area contributed by atoms with Crippen LogP contribution in [0.2, 0.25) is 0 Å². The number of anilines is 1. The van der Waals surface area contributed by atoms with Crippen molar-refractivity contribution in [3.05, 3.63) is 30.1 Å². The molecule has 1 N–H and O–H groups in total. The quantitative estimate of drug-likeness (QED) is 0.787. The molecule has 0 radical (unpaired) electrons. The number of likely N-dealkylation sites (tertiary alicyclic amines) is 1. The molecular weight excluding hydrogens is 371 g/mol. The van der Waals surface area contributed by atoms with E-state index in [1.165, 1.54) is 18.9 Å². The molecule has 2 heterocycles. The van der Waals surface area contributed by atoms with Crippen molar-refractivity contribution in [1.82, 2.24) is 15.1 Å². The van der Waals surface area contributed by atoms with E-state index in [4.69, 9.17) is 0 Å². The summed E-state index contributed by atoms with van der Waals surface area (Å²) in [5, 5.41) is 3.08. The highest BCUT2D eigenvalue weighted by molar-refractivity contribution is 5.80. The predicted molar refractivity (Wildman–Crippen MR) is 110 cm³/mol. The topological polar surface area (TPSA) is 55.9 Å². The van der Waals surface area contributed by atoms with E-state index in [-0.39, 0.29) is 23.5 Å². The smallest absolute Gasteiger partial charge is 0.236 e. The molecule has 158 valence electrons. The molecule has 7 heteroatoms. The number of piperazine rings is 1. The van der Waals surface area contributed by atoms with E-state index in [2.05, 4.69) is 10.2 Å². The zero-order valence-electron chi connectivity index (χ0n) is 17.0.